The van der Waals surface area contributed by atoms with Gasteiger partial charge in [0.2, 0.25) is 0 Å². The standard InChI is InChI=1S/C21H21ClFN5O/c1-28-20(24)18(21(29)26-15-6-7-17(23)16(22)10-15)19(27-28)13-5-4-12(9-13)14-3-2-8-25-11-14/h2-3,6-8,10-13H,4-5,9,24H2,1H3,(H,26,29). The van der Waals surface area contributed by atoms with Crippen LogP contribution in [0.15, 0.2) is 42.7 Å². The number of anilines is 2. The highest BCUT2D eigenvalue weighted by Gasteiger charge is 2.33. The number of nitrogens with one attached hydrogen (secondary N) is 1. The molecule has 1 amide bonds. The summed E-state index contributed by atoms with van der Waals surface area (Å²) in [5.74, 6) is -0.114. The molecule has 2 atom stereocenters. The largest absolute Gasteiger partial charge is 0.383 e. The quantitative estimate of drug-likeness (QED) is 0.659. The molecule has 0 saturated heterocycles. The SMILES string of the molecule is Cn1nc(C2CCC(c3cccnc3)C2)c(C(=O)Nc2ccc(F)c(Cl)c2)c1N. The number of amides is 1. The molecule has 29 heavy (non-hydrogen) atoms. The van der Waals surface area contributed by atoms with Crippen molar-refractivity contribution in [2.45, 2.75) is 31.1 Å². The minimum absolute atomic E-state index is 0.0581. The van der Waals surface area contributed by atoms with Gasteiger partial charge in [-0.15, -0.1) is 0 Å². The van der Waals surface area contributed by atoms with Gasteiger partial charge in [-0.3, -0.25) is 14.5 Å². The molecule has 2 unspecified atom stereocenters. The number of carbonyl (C=O) groups excluding carboxylic acids is 1. The molecule has 0 radical (unpaired) electrons. The molecular formula is C21H21ClFN5O. The highest BCUT2D eigenvalue weighted by Crippen LogP contribution is 2.44. The fourth-order valence-electron chi connectivity index (χ4n) is 3.99. The number of nitrogens with two attached hydrogens (primary N) is 1. The van der Waals surface area contributed by atoms with E-state index in [-0.39, 0.29) is 16.8 Å². The molecule has 1 aliphatic rings. The van der Waals surface area contributed by atoms with E-state index >= 15 is 0 Å². The summed E-state index contributed by atoms with van der Waals surface area (Å²) >= 11 is 5.82. The van der Waals surface area contributed by atoms with Crippen LogP contribution in [0.3, 0.4) is 0 Å². The molecule has 3 aromatic rings. The highest BCUT2D eigenvalue weighted by atomic mass is 35.5. The predicted molar refractivity (Wildman–Crippen MR) is 111 cm³/mol. The molecule has 4 rings (SSSR count). The number of nitrogens with zero attached hydrogens (tertiary/aromatic N) is 3. The lowest BCUT2D eigenvalue weighted by molar-refractivity contribution is 0.102. The summed E-state index contributed by atoms with van der Waals surface area (Å²) in [6.07, 6.45) is 6.45. The van der Waals surface area contributed by atoms with Gasteiger partial charge in [0.25, 0.3) is 5.91 Å². The Morgan fingerprint density at radius 1 is 1.31 bits per heavy atom. The van der Waals surface area contributed by atoms with Crippen LogP contribution in [0.25, 0.3) is 0 Å². The molecular weight excluding hydrogens is 393 g/mol. The second kappa shape index (κ2) is 7.83. The van der Waals surface area contributed by atoms with Crippen molar-refractivity contribution in [1.82, 2.24) is 14.8 Å². The van der Waals surface area contributed by atoms with E-state index in [4.69, 9.17) is 17.3 Å². The normalized spacial score (nSPS) is 18.7. The third-order valence-corrected chi connectivity index (χ3v) is 5.79. The van der Waals surface area contributed by atoms with Crippen LogP contribution in [0.1, 0.15) is 52.7 Å². The van der Waals surface area contributed by atoms with Crippen LogP contribution >= 0.6 is 11.6 Å². The number of aryl methyl sites for hydroxylation is 1. The summed E-state index contributed by atoms with van der Waals surface area (Å²) < 4.78 is 14.9. The smallest absolute Gasteiger partial charge is 0.261 e. The zero-order chi connectivity index (χ0) is 20.5. The molecule has 0 aliphatic heterocycles. The predicted octanol–water partition coefficient (Wildman–Crippen LogP) is 4.49. The lowest BCUT2D eigenvalue weighted by Gasteiger charge is -2.12. The zero-order valence-electron chi connectivity index (χ0n) is 15.9. The fraction of sp³-hybridized carbons (Fsp3) is 0.286. The van der Waals surface area contributed by atoms with E-state index in [1.165, 1.54) is 28.4 Å². The van der Waals surface area contributed by atoms with Crippen molar-refractivity contribution in [2.24, 2.45) is 7.05 Å². The van der Waals surface area contributed by atoms with Crippen molar-refractivity contribution >= 4 is 29.0 Å². The second-order valence-corrected chi connectivity index (χ2v) is 7.75. The van der Waals surface area contributed by atoms with Crippen molar-refractivity contribution in [3.8, 4) is 0 Å². The van der Waals surface area contributed by atoms with Crippen molar-refractivity contribution in [2.75, 3.05) is 11.1 Å². The molecule has 2 heterocycles. The van der Waals surface area contributed by atoms with E-state index in [1.807, 2.05) is 12.3 Å². The summed E-state index contributed by atoms with van der Waals surface area (Å²) in [6.45, 7) is 0. The van der Waals surface area contributed by atoms with Gasteiger partial charge in [0, 0.05) is 31.0 Å². The molecule has 3 N–H and O–H groups in total. The molecule has 0 spiro atoms. The van der Waals surface area contributed by atoms with Gasteiger partial charge in [-0.05, 0) is 55.0 Å². The van der Waals surface area contributed by atoms with E-state index in [0.29, 0.717) is 28.7 Å². The van der Waals surface area contributed by atoms with Crippen molar-refractivity contribution in [3.63, 3.8) is 0 Å². The van der Waals surface area contributed by atoms with Gasteiger partial charge in [-0.25, -0.2) is 4.39 Å². The zero-order valence-corrected chi connectivity index (χ0v) is 16.7. The number of hydrogen-bond donors (Lipinski definition) is 2. The van der Waals surface area contributed by atoms with Gasteiger partial charge >= 0.3 is 0 Å². The van der Waals surface area contributed by atoms with Crippen LogP contribution in [0, 0.1) is 5.82 Å². The first-order valence-corrected chi connectivity index (χ1v) is 9.80. The molecule has 6 nitrogen and oxygen atoms in total. The number of carbonyl (C=O) groups is 1. The lowest BCUT2D eigenvalue weighted by Crippen LogP contribution is -2.16. The summed E-state index contributed by atoms with van der Waals surface area (Å²) in [4.78, 5) is 17.2. The van der Waals surface area contributed by atoms with Gasteiger partial charge in [0.1, 0.15) is 17.2 Å². The maximum absolute atomic E-state index is 13.4. The first-order chi connectivity index (χ1) is 13.9. The first-order valence-electron chi connectivity index (χ1n) is 9.42. The number of halogens is 2. The summed E-state index contributed by atoms with van der Waals surface area (Å²) in [6, 6.07) is 8.06. The van der Waals surface area contributed by atoms with Gasteiger partial charge in [0.05, 0.1) is 10.7 Å². The topological polar surface area (TPSA) is 85.8 Å². The van der Waals surface area contributed by atoms with E-state index < -0.39 is 5.82 Å². The Morgan fingerprint density at radius 3 is 2.83 bits per heavy atom. The van der Waals surface area contributed by atoms with Crippen molar-refractivity contribution < 1.29 is 9.18 Å². The molecule has 0 bridgehead atoms. The van der Waals surface area contributed by atoms with E-state index in [0.717, 1.165) is 19.3 Å². The number of pyridine rings is 1. The maximum atomic E-state index is 13.4. The van der Waals surface area contributed by atoms with E-state index in [1.54, 1.807) is 13.2 Å². The molecule has 1 aromatic carbocycles. The van der Waals surface area contributed by atoms with Crippen LogP contribution < -0.4 is 11.1 Å². The Hall–Kier alpha value is -2.93. The van der Waals surface area contributed by atoms with Crippen LogP contribution in [0.2, 0.25) is 5.02 Å². The molecule has 1 aliphatic carbocycles. The minimum atomic E-state index is -0.543. The van der Waals surface area contributed by atoms with Gasteiger partial charge in [0.15, 0.2) is 0 Å². The molecule has 1 fully saturated rings. The Kier molecular flexibility index (Phi) is 5.24. The van der Waals surface area contributed by atoms with Crippen molar-refractivity contribution in [1.29, 1.82) is 0 Å². The summed E-state index contributed by atoms with van der Waals surface area (Å²) in [5.41, 5.74) is 8.83. The number of hydrogen-bond acceptors (Lipinski definition) is 4. The Bertz CT molecular complexity index is 1050. The fourth-order valence-corrected chi connectivity index (χ4v) is 4.17. The average molecular weight is 414 g/mol. The molecule has 1 saturated carbocycles. The molecule has 2 aromatic heterocycles. The maximum Gasteiger partial charge on any atom is 0.261 e. The number of aromatic nitrogens is 3. The van der Waals surface area contributed by atoms with Crippen LogP contribution in [-0.4, -0.2) is 20.7 Å². The number of rotatable bonds is 4. The van der Waals surface area contributed by atoms with Crippen molar-refractivity contribution in [3.05, 3.63) is 70.4 Å². The third kappa shape index (κ3) is 3.82. The van der Waals surface area contributed by atoms with Gasteiger partial charge in [-0.2, -0.15) is 5.10 Å². The first kappa shape index (κ1) is 19.4. The minimum Gasteiger partial charge on any atom is -0.383 e. The monoisotopic (exact) mass is 413 g/mol. The molecule has 8 heteroatoms. The Balaban J connectivity index is 1.59. The van der Waals surface area contributed by atoms with Crippen LogP contribution in [-0.2, 0) is 7.05 Å². The molecule has 150 valence electrons. The van der Waals surface area contributed by atoms with Gasteiger partial charge < -0.3 is 11.1 Å². The Labute approximate surface area is 172 Å². The van der Waals surface area contributed by atoms with E-state index in [9.17, 15) is 9.18 Å². The van der Waals surface area contributed by atoms with Crippen LogP contribution in [0.5, 0.6) is 0 Å². The highest BCUT2D eigenvalue weighted by molar-refractivity contribution is 6.31. The van der Waals surface area contributed by atoms with E-state index in [2.05, 4.69) is 21.5 Å². The third-order valence-electron chi connectivity index (χ3n) is 5.50. The average Bonchev–Trinajstić information content (AvgIpc) is 3.31. The van der Waals surface area contributed by atoms with Gasteiger partial charge in [-0.1, -0.05) is 17.7 Å². The number of benzene rings is 1. The lowest BCUT2D eigenvalue weighted by atomic mass is 9.95. The summed E-state index contributed by atoms with van der Waals surface area (Å²) in [7, 11) is 1.72. The number of nitrogen functional groups attached to an aromatic ring is 1. The second-order valence-electron chi connectivity index (χ2n) is 7.35. The summed E-state index contributed by atoms with van der Waals surface area (Å²) in [5, 5.41) is 7.24. The van der Waals surface area contributed by atoms with Crippen LogP contribution in [0.4, 0.5) is 15.9 Å². The Morgan fingerprint density at radius 2 is 2.10 bits per heavy atom.